The van der Waals surface area contributed by atoms with E-state index in [2.05, 4.69) is 160 Å². The van der Waals surface area contributed by atoms with Gasteiger partial charge in [0.2, 0.25) is 0 Å². The lowest BCUT2D eigenvalue weighted by Gasteiger charge is -2.33. The highest BCUT2D eigenvalue weighted by Crippen LogP contribution is 2.49. The van der Waals surface area contributed by atoms with Gasteiger partial charge in [-0.05, 0) is 50.1 Å². The summed E-state index contributed by atoms with van der Waals surface area (Å²) >= 11 is 0. The number of para-hydroxylation sites is 2. The first-order chi connectivity index (χ1) is 20.5. The third kappa shape index (κ3) is 4.68. The number of hydrogen-bond donors (Lipinski definition) is 2. The zero-order valence-electron chi connectivity index (χ0n) is 24.6. The molecule has 2 N–H and O–H groups in total. The second kappa shape index (κ2) is 11.2. The van der Waals surface area contributed by atoms with E-state index in [9.17, 15) is 0 Å². The van der Waals surface area contributed by atoms with Crippen molar-refractivity contribution in [1.29, 1.82) is 0 Å². The zero-order valence-corrected chi connectivity index (χ0v) is 26.4. The van der Waals surface area contributed by atoms with Gasteiger partial charge in [-0.3, -0.25) is 0 Å². The minimum absolute atomic E-state index is 0.447. The molecule has 42 heavy (non-hydrogen) atoms. The van der Waals surface area contributed by atoms with Crippen LogP contribution in [0.5, 0.6) is 0 Å². The van der Waals surface area contributed by atoms with Crippen molar-refractivity contribution in [1.82, 2.24) is 0 Å². The summed E-state index contributed by atoms with van der Waals surface area (Å²) in [6.07, 6.45) is 0. The van der Waals surface area contributed by atoms with Gasteiger partial charge < -0.3 is 10.6 Å². The summed E-state index contributed by atoms with van der Waals surface area (Å²) in [5.74, 6) is 0. The topological polar surface area (TPSA) is 24.1 Å². The van der Waals surface area contributed by atoms with Crippen LogP contribution in [-0.2, 0) is 0 Å². The van der Waals surface area contributed by atoms with Crippen LogP contribution in [0.1, 0.15) is 27.7 Å². The quantitative estimate of drug-likeness (QED) is 0.199. The van der Waals surface area contributed by atoms with E-state index >= 15 is 0 Å². The summed E-state index contributed by atoms with van der Waals surface area (Å²) in [5, 5.41) is 18.8. The summed E-state index contributed by atoms with van der Waals surface area (Å²) in [5.41, 5.74) is 5.80. The van der Waals surface area contributed by atoms with E-state index in [1.54, 1.807) is 0 Å². The summed E-state index contributed by atoms with van der Waals surface area (Å²) in [6.45, 7) is 9.51. The van der Waals surface area contributed by atoms with Crippen molar-refractivity contribution in [2.75, 3.05) is 10.6 Å². The van der Waals surface area contributed by atoms with Gasteiger partial charge in [0.25, 0.3) is 0 Å². The van der Waals surface area contributed by atoms with Crippen molar-refractivity contribution in [3.63, 3.8) is 0 Å². The van der Waals surface area contributed by atoms with E-state index in [4.69, 9.17) is 0 Å². The number of rotatable bonds is 2. The fraction of sp³-hybridized carbons (Fsp3) is 0.158. The minimum Gasteiger partial charge on any atom is -0.354 e. The van der Waals surface area contributed by atoms with Crippen LogP contribution in [0.25, 0.3) is 21.5 Å². The predicted molar refractivity (Wildman–Crippen MR) is 190 cm³/mol. The number of fused-ring (bicyclic) bond motifs is 8. The van der Waals surface area contributed by atoms with E-state index < -0.39 is 15.8 Å². The fourth-order valence-electron chi connectivity index (χ4n) is 6.41. The summed E-state index contributed by atoms with van der Waals surface area (Å²) in [4.78, 5) is 0. The monoisotopic (exact) mass is 582 g/mol. The molecule has 0 radical (unpaired) electrons. The van der Waals surface area contributed by atoms with Crippen molar-refractivity contribution in [2.24, 2.45) is 0 Å². The van der Waals surface area contributed by atoms with Crippen molar-refractivity contribution < 1.29 is 0 Å². The van der Waals surface area contributed by atoms with Crippen LogP contribution in [0.15, 0.2) is 121 Å². The number of hydrogen-bond acceptors (Lipinski definition) is 2. The molecule has 1 heterocycles. The number of benzene rings is 6. The summed E-state index contributed by atoms with van der Waals surface area (Å²) < 4.78 is 0. The van der Waals surface area contributed by atoms with Gasteiger partial charge in [-0.1, -0.05) is 137 Å². The standard InChI is InChI=1S/C38H36N2P2/c1-25(2)41-33-19-11-9-17-31(33)39-32-18-10-12-20-34(32)42(26(3)4)36-24-22-28-14-6-8-16-30(28)38(36)40-37-29-15-7-5-13-27(29)21-23-35(37)41/h5-26,39-40H,1-4H3. The highest BCUT2D eigenvalue weighted by molar-refractivity contribution is 7.74. The summed E-state index contributed by atoms with van der Waals surface area (Å²) in [6, 6.07) is 45.1. The van der Waals surface area contributed by atoms with Crippen molar-refractivity contribution in [3.05, 3.63) is 121 Å². The Bertz CT molecular complexity index is 1790. The largest absolute Gasteiger partial charge is 0.354 e. The Labute approximate surface area is 251 Å². The maximum atomic E-state index is 4.19. The number of anilines is 4. The SMILES string of the molecule is CC(C)P1c2ccccc2Nc2ccccc2P(C(C)C)c2ccc3ccccc3c2Nc2c1ccc1ccccc21. The molecule has 2 atom stereocenters. The first-order valence-corrected chi connectivity index (χ1v) is 17.7. The van der Waals surface area contributed by atoms with Crippen molar-refractivity contribution in [3.8, 4) is 0 Å². The van der Waals surface area contributed by atoms with Gasteiger partial charge in [0.15, 0.2) is 0 Å². The molecular formula is C38H36N2P2. The van der Waals surface area contributed by atoms with Crippen LogP contribution in [-0.4, -0.2) is 11.3 Å². The molecule has 208 valence electrons. The highest BCUT2D eigenvalue weighted by atomic mass is 31.1. The van der Waals surface area contributed by atoms with Gasteiger partial charge >= 0.3 is 0 Å². The van der Waals surface area contributed by atoms with Crippen LogP contribution in [0, 0.1) is 0 Å². The van der Waals surface area contributed by atoms with E-state index in [1.165, 1.54) is 65.5 Å². The molecule has 0 aliphatic carbocycles. The third-order valence-corrected chi connectivity index (χ3v) is 13.9. The van der Waals surface area contributed by atoms with Gasteiger partial charge in [-0.25, -0.2) is 0 Å². The van der Waals surface area contributed by atoms with E-state index in [1.807, 2.05) is 0 Å². The molecule has 7 rings (SSSR count). The highest BCUT2D eigenvalue weighted by Gasteiger charge is 2.29. The molecule has 2 unspecified atom stereocenters. The average Bonchev–Trinajstić information content (AvgIpc) is 3.00. The third-order valence-electron chi connectivity index (χ3n) is 8.21. The Balaban J connectivity index is 1.63. The molecule has 2 nitrogen and oxygen atoms in total. The molecule has 1 aliphatic heterocycles. The van der Waals surface area contributed by atoms with Crippen LogP contribution in [0.3, 0.4) is 0 Å². The molecule has 0 saturated heterocycles. The molecule has 4 heteroatoms. The minimum atomic E-state index is -0.694. The second-order valence-corrected chi connectivity index (χ2v) is 17.0. The normalized spacial score (nSPS) is 16.4. The molecule has 0 fully saturated rings. The van der Waals surface area contributed by atoms with Crippen LogP contribution >= 0.6 is 15.8 Å². The maximum Gasteiger partial charge on any atom is 0.0545 e. The molecule has 6 aromatic carbocycles. The number of nitrogens with one attached hydrogen (secondary N) is 2. The van der Waals surface area contributed by atoms with Gasteiger partial charge in [-0.15, -0.1) is 0 Å². The maximum absolute atomic E-state index is 4.19. The molecular weight excluding hydrogens is 546 g/mol. The Morgan fingerprint density at radius 1 is 0.405 bits per heavy atom. The molecule has 0 bridgehead atoms. The lowest BCUT2D eigenvalue weighted by molar-refractivity contribution is 1.10. The Hall–Kier alpha value is -3.70. The van der Waals surface area contributed by atoms with Crippen molar-refractivity contribution >= 4 is 81.4 Å². The predicted octanol–water partition coefficient (Wildman–Crippen LogP) is 9.48. The first kappa shape index (κ1) is 27.2. The van der Waals surface area contributed by atoms with Crippen LogP contribution < -0.4 is 31.9 Å². The first-order valence-electron chi connectivity index (χ1n) is 14.9. The van der Waals surface area contributed by atoms with Gasteiger partial charge in [0.05, 0.1) is 11.4 Å². The molecule has 1 aliphatic rings. The summed E-state index contributed by atoms with van der Waals surface area (Å²) in [7, 11) is -1.39. The Kier molecular flexibility index (Phi) is 7.23. The van der Waals surface area contributed by atoms with Gasteiger partial charge in [0, 0.05) is 43.4 Å². The average molecular weight is 583 g/mol. The van der Waals surface area contributed by atoms with Gasteiger partial charge in [-0.2, -0.15) is 0 Å². The fourth-order valence-corrected chi connectivity index (χ4v) is 11.7. The molecule has 0 spiro atoms. The van der Waals surface area contributed by atoms with Gasteiger partial charge in [0.1, 0.15) is 0 Å². The van der Waals surface area contributed by atoms with Crippen LogP contribution in [0.2, 0.25) is 0 Å². The van der Waals surface area contributed by atoms with Crippen molar-refractivity contribution in [2.45, 2.75) is 39.0 Å². The smallest absolute Gasteiger partial charge is 0.0545 e. The van der Waals surface area contributed by atoms with E-state index in [0.717, 1.165) is 0 Å². The van der Waals surface area contributed by atoms with E-state index in [0.29, 0.717) is 11.3 Å². The van der Waals surface area contributed by atoms with Crippen LogP contribution in [0.4, 0.5) is 22.7 Å². The molecule has 0 saturated carbocycles. The Morgan fingerprint density at radius 3 is 1.26 bits per heavy atom. The molecule has 0 aromatic heterocycles. The lowest BCUT2D eigenvalue weighted by atomic mass is 10.1. The Morgan fingerprint density at radius 2 is 0.810 bits per heavy atom. The molecule has 6 aromatic rings. The zero-order chi connectivity index (χ0) is 28.8. The lowest BCUT2D eigenvalue weighted by Crippen LogP contribution is -2.27. The second-order valence-electron chi connectivity index (χ2n) is 11.6. The molecule has 0 amide bonds. The van der Waals surface area contributed by atoms with E-state index in [-0.39, 0.29) is 0 Å².